The summed E-state index contributed by atoms with van der Waals surface area (Å²) in [7, 11) is 3.25. The van der Waals surface area contributed by atoms with Gasteiger partial charge in [-0.3, -0.25) is 4.79 Å². The Labute approximate surface area is 123 Å². The number of anilines is 1. The summed E-state index contributed by atoms with van der Waals surface area (Å²) in [6.07, 6.45) is 0.607. The van der Waals surface area contributed by atoms with Gasteiger partial charge in [0.15, 0.2) is 0 Å². The van der Waals surface area contributed by atoms with Gasteiger partial charge in [0, 0.05) is 11.8 Å². The van der Waals surface area contributed by atoms with Gasteiger partial charge in [-0.25, -0.2) is 0 Å². The smallest absolute Gasteiger partial charge is 0.232 e. The van der Waals surface area contributed by atoms with E-state index in [9.17, 15) is 4.79 Å². The monoisotopic (exact) mass is 283 g/mol. The minimum atomic E-state index is -0.177. The second kappa shape index (κ2) is 5.48. The SMILES string of the molecule is COc1ccc(C[C@@H]2C(=O)Nc3ccccc32)c(OC)c1. The normalized spacial score (nSPS) is 16.3. The minimum absolute atomic E-state index is 0.0362. The van der Waals surface area contributed by atoms with Gasteiger partial charge in [0.05, 0.1) is 20.1 Å². The number of amides is 1. The Balaban J connectivity index is 1.92. The molecule has 0 bridgehead atoms. The zero-order valence-electron chi connectivity index (χ0n) is 12.1. The zero-order valence-corrected chi connectivity index (χ0v) is 12.1. The second-order valence-electron chi connectivity index (χ2n) is 5.01. The molecule has 1 atom stereocenters. The van der Waals surface area contributed by atoms with Gasteiger partial charge in [0.25, 0.3) is 0 Å². The fraction of sp³-hybridized carbons (Fsp3) is 0.235. The highest BCUT2D eigenvalue weighted by molar-refractivity contribution is 6.03. The number of ether oxygens (including phenoxy) is 2. The van der Waals surface area contributed by atoms with Crippen molar-refractivity contribution in [1.82, 2.24) is 0 Å². The number of carbonyl (C=O) groups excluding carboxylic acids is 1. The topological polar surface area (TPSA) is 47.6 Å². The van der Waals surface area contributed by atoms with Crippen LogP contribution >= 0.6 is 0 Å². The van der Waals surface area contributed by atoms with Crippen molar-refractivity contribution >= 4 is 11.6 Å². The first-order chi connectivity index (χ1) is 10.2. The molecule has 4 heteroatoms. The van der Waals surface area contributed by atoms with E-state index in [0.29, 0.717) is 6.42 Å². The van der Waals surface area contributed by atoms with Crippen LogP contribution in [0.3, 0.4) is 0 Å². The van der Waals surface area contributed by atoms with Crippen LogP contribution in [0.15, 0.2) is 42.5 Å². The third kappa shape index (κ3) is 2.44. The molecule has 1 N–H and O–H groups in total. The molecule has 1 heterocycles. The lowest BCUT2D eigenvalue weighted by molar-refractivity contribution is -0.117. The first-order valence-corrected chi connectivity index (χ1v) is 6.83. The molecule has 0 saturated carbocycles. The predicted molar refractivity (Wildman–Crippen MR) is 81.1 cm³/mol. The number of hydrogen-bond acceptors (Lipinski definition) is 3. The molecule has 0 fully saturated rings. The summed E-state index contributed by atoms with van der Waals surface area (Å²) in [6, 6.07) is 13.5. The number of rotatable bonds is 4. The van der Waals surface area contributed by atoms with Crippen molar-refractivity contribution in [2.24, 2.45) is 0 Å². The lowest BCUT2D eigenvalue weighted by Gasteiger charge is -2.13. The molecular formula is C17H17NO3. The van der Waals surface area contributed by atoms with E-state index >= 15 is 0 Å². The molecule has 0 saturated heterocycles. The van der Waals surface area contributed by atoms with E-state index in [1.807, 2.05) is 42.5 Å². The van der Waals surface area contributed by atoms with E-state index in [0.717, 1.165) is 28.3 Å². The molecule has 0 aliphatic carbocycles. The third-order valence-electron chi connectivity index (χ3n) is 3.83. The van der Waals surface area contributed by atoms with Crippen LogP contribution in [-0.2, 0) is 11.2 Å². The highest BCUT2D eigenvalue weighted by Crippen LogP contribution is 2.36. The Morgan fingerprint density at radius 1 is 1.10 bits per heavy atom. The summed E-state index contributed by atoms with van der Waals surface area (Å²) in [5.41, 5.74) is 2.94. The lowest BCUT2D eigenvalue weighted by Crippen LogP contribution is -2.14. The average Bonchev–Trinajstić information content (AvgIpc) is 2.83. The summed E-state index contributed by atoms with van der Waals surface area (Å²) < 4.78 is 10.6. The quantitative estimate of drug-likeness (QED) is 0.938. The molecule has 0 spiro atoms. The first-order valence-electron chi connectivity index (χ1n) is 6.83. The Morgan fingerprint density at radius 2 is 1.90 bits per heavy atom. The molecule has 21 heavy (non-hydrogen) atoms. The predicted octanol–water partition coefficient (Wildman–Crippen LogP) is 2.98. The maximum absolute atomic E-state index is 12.2. The van der Waals surface area contributed by atoms with E-state index in [1.54, 1.807) is 14.2 Å². The van der Waals surface area contributed by atoms with Crippen LogP contribution in [0.5, 0.6) is 11.5 Å². The van der Waals surface area contributed by atoms with Crippen molar-refractivity contribution in [3.63, 3.8) is 0 Å². The lowest BCUT2D eigenvalue weighted by atomic mass is 9.93. The first kappa shape index (κ1) is 13.5. The molecule has 4 nitrogen and oxygen atoms in total. The summed E-state index contributed by atoms with van der Waals surface area (Å²) >= 11 is 0. The fourth-order valence-corrected chi connectivity index (χ4v) is 2.72. The summed E-state index contributed by atoms with van der Waals surface area (Å²) in [5.74, 6) is 1.34. The average molecular weight is 283 g/mol. The molecule has 1 amide bonds. The number of benzene rings is 2. The van der Waals surface area contributed by atoms with Gasteiger partial charge >= 0.3 is 0 Å². The Kier molecular flexibility index (Phi) is 3.52. The zero-order chi connectivity index (χ0) is 14.8. The standard InChI is InChI=1S/C17H17NO3/c1-20-12-8-7-11(16(10-12)21-2)9-14-13-5-3-4-6-15(13)18-17(14)19/h3-8,10,14H,9H2,1-2H3,(H,18,19)/t14-/m0/s1. The fourth-order valence-electron chi connectivity index (χ4n) is 2.72. The molecule has 2 aromatic carbocycles. The molecule has 0 aromatic heterocycles. The highest BCUT2D eigenvalue weighted by Gasteiger charge is 2.30. The molecule has 2 aromatic rings. The molecule has 3 rings (SSSR count). The number of hydrogen-bond donors (Lipinski definition) is 1. The maximum Gasteiger partial charge on any atom is 0.232 e. The van der Waals surface area contributed by atoms with Gasteiger partial charge in [0.1, 0.15) is 11.5 Å². The molecule has 1 aliphatic rings. The van der Waals surface area contributed by atoms with E-state index in [-0.39, 0.29) is 11.8 Å². The van der Waals surface area contributed by atoms with E-state index in [2.05, 4.69) is 5.32 Å². The highest BCUT2D eigenvalue weighted by atomic mass is 16.5. The Hall–Kier alpha value is -2.49. The molecular weight excluding hydrogens is 266 g/mol. The number of para-hydroxylation sites is 1. The van der Waals surface area contributed by atoms with Crippen molar-refractivity contribution in [2.75, 3.05) is 19.5 Å². The summed E-state index contributed by atoms with van der Waals surface area (Å²) in [5, 5.41) is 2.92. The van der Waals surface area contributed by atoms with E-state index in [1.165, 1.54) is 0 Å². The maximum atomic E-state index is 12.2. The number of methoxy groups -OCH3 is 2. The summed E-state index contributed by atoms with van der Waals surface area (Å²) in [4.78, 5) is 12.2. The Bertz CT molecular complexity index is 681. The van der Waals surface area contributed by atoms with Gasteiger partial charge in [-0.2, -0.15) is 0 Å². The molecule has 0 unspecified atom stereocenters. The number of nitrogens with one attached hydrogen (secondary N) is 1. The van der Waals surface area contributed by atoms with Crippen LogP contribution in [-0.4, -0.2) is 20.1 Å². The van der Waals surface area contributed by atoms with Crippen LogP contribution < -0.4 is 14.8 Å². The molecule has 1 aliphatic heterocycles. The number of carbonyl (C=O) groups is 1. The van der Waals surface area contributed by atoms with Crippen LogP contribution in [0.25, 0.3) is 0 Å². The van der Waals surface area contributed by atoms with Gasteiger partial charge in [-0.05, 0) is 29.7 Å². The van der Waals surface area contributed by atoms with Crippen LogP contribution in [0.1, 0.15) is 17.0 Å². The van der Waals surface area contributed by atoms with Crippen molar-refractivity contribution in [3.8, 4) is 11.5 Å². The minimum Gasteiger partial charge on any atom is -0.497 e. The van der Waals surface area contributed by atoms with Crippen molar-refractivity contribution in [3.05, 3.63) is 53.6 Å². The van der Waals surface area contributed by atoms with Crippen LogP contribution in [0.2, 0.25) is 0 Å². The van der Waals surface area contributed by atoms with Gasteiger partial charge in [0.2, 0.25) is 5.91 Å². The third-order valence-corrected chi connectivity index (χ3v) is 3.83. The van der Waals surface area contributed by atoms with E-state index < -0.39 is 0 Å². The Morgan fingerprint density at radius 3 is 2.67 bits per heavy atom. The number of fused-ring (bicyclic) bond motifs is 1. The van der Waals surface area contributed by atoms with Gasteiger partial charge < -0.3 is 14.8 Å². The largest absolute Gasteiger partial charge is 0.497 e. The van der Waals surface area contributed by atoms with Crippen LogP contribution in [0, 0.1) is 0 Å². The van der Waals surface area contributed by atoms with Crippen molar-refractivity contribution in [2.45, 2.75) is 12.3 Å². The van der Waals surface area contributed by atoms with Crippen LogP contribution in [0.4, 0.5) is 5.69 Å². The second-order valence-corrected chi connectivity index (χ2v) is 5.01. The van der Waals surface area contributed by atoms with Crippen molar-refractivity contribution in [1.29, 1.82) is 0 Å². The molecule has 108 valence electrons. The van der Waals surface area contributed by atoms with E-state index in [4.69, 9.17) is 9.47 Å². The van der Waals surface area contributed by atoms with Gasteiger partial charge in [-0.15, -0.1) is 0 Å². The molecule has 0 radical (unpaired) electrons. The van der Waals surface area contributed by atoms with Gasteiger partial charge in [-0.1, -0.05) is 24.3 Å². The van der Waals surface area contributed by atoms with Crippen molar-refractivity contribution < 1.29 is 14.3 Å². The summed E-state index contributed by atoms with van der Waals surface area (Å²) in [6.45, 7) is 0.